The molecule has 0 N–H and O–H groups in total. The van der Waals surface area contributed by atoms with Crippen molar-refractivity contribution in [1.82, 2.24) is 19.8 Å². The number of carbonyl (C=O) groups excluding carboxylic acids is 3. The summed E-state index contributed by atoms with van der Waals surface area (Å²) in [4.78, 5) is 49.0. The molecule has 2 aromatic rings. The second-order valence-corrected chi connectivity index (χ2v) is 8.47. The number of hydrogen-bond acceptors (Lipinski definition) is 5. The molecule has 1 atom stereocenters. The minimum Gasteiger partial charge on any atom is -0.334 e. The van der Waals surface area contributed by atoms with Crippen molar-refractivity contribution >= 4 is 29.3 Å². The maximum atomic E-state index is 12.9. The Morgan fingerprint density at radius 3 is 2.71 bits per heavy atom. The molecule has 2 aliphatic heterocycles. The summed E-state index contributed by atoms with van der Waals surface area (Å²) in [7, 11) is 0. The number of imide groups is 1. The molecule has 0 spiro atoms. The molecule has 0 bridgehead atoms. The first-order chi connectivity index (χ1) is 15.0. The zero-order valence-corrected chi connectivity index (χ0v) is 18.1. The van der Waals surface area contributed by atoms with Crippen molar-refractivity contribution in [3.05, 3.63) is 58.6 Å². The van der Waals surface area contributed by atoms with Gasteiger partial charge in [0.25, 0.3) is 0 Å². The molecule has 7 nitrogen and oxygen atoms in total. The van der Waals surface area contributed by atoms with Crippen molar-refractivity contribution in [1.29, 1.82) is 0 Å². The van der Waals surface area contributed by atoms with Gasteiger partial charge in [-0.25, -0.2) is 0 Å². The number of hydrogen-bond donors (Lipinski definition) is 0. The minimum atomic E-state index is -0.179. The Balaban J connectivity index is 1.42. The van der Waals surface area contributed by atoms with E-state index in [0.29, 0.717) is 37.3 Å². The predicted octanol–water partition coefficient (Wildman–Crippen LogP) is 3.31. The minimum absolute atomic E-state index is 0.0595. The highest BCUT2D eigenvalue weighted by Gasteiger charge is 2.32. The highest BCUT2D eigenvalue weighted by molar-refractivity contribution is 6.30. The topological polar surface area (TPSA) is 83.5 Å². The van der Waals surface area contributed by atoms with Crippen LogP contribution in [0.3, 0.4) is 0 Å². The van der Waals surface area contributed by atoms with Crippen molar-refractivity contribution in [3.63, 3.8) is 0 Å². The predicted molar refractivity (Wildman–Crippen MR) is 115 cm³/mol. The molecule has 0 radical (unpaired) electrons. The molecule has 3 amide bonds. The van der Waals surface area contributed by atoms with Gasteiger partial charge in [0.15, 0.2) is 0 Å². The third-order valence-corrected chi connectivity index (χ3v) is 6.06. The molecule has 1 aromatic heterocycles. The number of piperidine rings is 1. The van der Waals surface area contributed by atoms with Crippen LogP contribution in [0, 0.1) is 0 Å². The summed E-state index contributed by atoms with van der Waals surface area (Å²) >= 11 is 6.08. The fourth-order valence-corrected chi connectivity index (χ4v) is 4.51. The van der Waals surface area contributed by atoms with Gasteiger partial charge in [0.1, 0.15) is 0 Å². The lowest BCUT2D eigenvalue weighted by molar-refractivity contribution is -0.148. The molecule has 2 aliphatic rings. The highest BCUT2D eigenvalue weighted by atomic mass is 35.5. The summed E-state index contributed by atoms with van der Waals surface area (Å²) < 4.78 is 0. The summed E-state index contributed by atoms with van der Waals surface area (Å²) in [5.41, 5.74) is 2.65. The Kier molecular flexibility index (Phi) is 6.61. The van der Waals surface area contributed by atoms with Crippen LogP contribution in [0.15, 0.2) is 36.7 Å². The Bertz CT molecular complexity index is 980. The van der Waals surface area contributed by atoms with E-state index >= 15 is 0 Å². The molecule has 4 rings (SSSR count). The van der Waals surface area contributed by atoms with Gasteiger partial charge in [-0.15, -0.1) is 0 Å². The van der Waals surface area contributed by atoms with Crippen molar-refractivity contribution in [2.45, 2.75) is 51.0 Å². The van der Waals surface area contributed by atoms with Crippen LogP contribution >= 0.6 is 11.6 Å². The third kappa shape index (κ3) is 5.10. The maximum Gasteiger partial charge on any atom is 0.229 e. The number of halogens is 1. The van der Waals surface area contributed by atoms with Crippen LogP contribution in [0.2, 0.25) is 5.02 Å². The van der Waals surface area contributed by atoms with Crippen LogP contribution in [0.4, 0.5) is 0 Å². The smallest absolute Gasteiger partial charge is 0.229 e. The second kappa shape index (κ2) is 9.56. The van der Waals surface area contributed by atoms with Gasteiger partial charge in [-0.1, -0.05) is 23.7 Å². The van der Waals surface area contributed by atoms with E-state index in [0.717, 1.165) is 29.8 Å². The van der Waals surface area contributed by atoms with E-state index in [1.165, 1.54) is 4.90 Å². The van der Waals surface area contributed by atoms with Crippen LogP contribution in [0.5, 0.6) is 0 Å². The van der Waals surface area contributed by atoms with E-state index < -0.39 is 0 Å². The number of carbonyl (C=O) groups is 3. The molecule has 0 saturated carbocycles. The number of likely N-dealkylation sites (tertiary alicyclic amines) is 2. The fourth-order valence-electron chi connectivity index (χ4n) is 4.30. The van der Waals surface area contributed by atoms with Crippen LogP contribution in [-0.4, -0.2) is 50.6 Å². The molecule has 1 aromatic carbocycles. The fraction of sp³-hybridized carbons (Fsp3) is 0.435. The summed E-state index contributed by atoms with van der Waals surface area (Å²) in [5, 5.41) is 0.680. The molecular formula is C23H25ClN4O3. The van der Waals surface area contributed by atoms with Gasteiger partial charge in [0.2, 0.25) is 17.7 Å². The Morgan fingerprint density at radius 2 is 1.94 bits per heavy atom. The first-order valence-electron chi connectivity index (χ1n) is 10.7. The average Bonchev–Trinajstić information content (AvgIpc) is 3.24. The van der Waals surface area contributed by atoms with Crippen LogP contribution < -0.4 is 0 Å². The lowest BCUT2D eigenvalue weighted by Gasteiger charge is -2.27. The zero-order chi connectivity index (χ0) is 21.8. The largest absolute Gasteiger partial charge is 0.334 e. The molecule has 1 unspecified atom stereocenters. The molecule has 8 heteroatoms. The summed E-state index contributed by atoms with van der Waals surface area (Å²) in [6.07, 6.45) is 7.27. The summed E-state index contributed by atoms with van der Waals surface area (Å²) in [6.45, 7) is 0.797. The Morgan fingerprint density at radius 1 is 1.13 bits per heavy atom. The van der Waals surface area contributed by atoms with Gasteiger partial charge in [0.05, 0.1) is 23.6 Å². The molecule has 2 fully saturated rings. The Labute approximate surface area is 186 Å². The molecule has 31 heavy (non-hydrogen) atoms. The van der Waals surface area contributed by atoms with Crippen molar-refractivity contribution in [2.75, 3.05) is 13.1 Å². The van der Waals surface area contributed by atoms with E-state index in [9.17, 15) is 14.4 Å². The molecule has 2 saturated heterocycles. The van der Waals surface area contributed by atoms with Gasteiger partial charge in [-0.05, 0) is 37.0 Å². The standard InChI is InChI=1S/C23H25ClN4O3/c24-17-5-1-4-16(12-17)13-18-14-25-15-19(26-18)20-6-3-10-27(20)23(31)9-11-28-21(29)7-2-8-22(28)30/h1,4-5,12,14-15,20H,2-3,6-11,13H2. The van der Waals surface area contributed by atoms with Gasteiger partial charge >= 0.3 is 0 Å². The lowest BCUT2D eigenvalue weighted by atomic mass is 10.1. The first-order valence-corrected chi connectivity index (χ1v) is 11.1. The second-order valence-electron chi connectivity index (χ2n) is 8.03. The van der Waals surface area contributed by atoms with Crippen LogP contribution in [0.1, 0.15) is 61.5 Å². The van der Waals surface area contributed by atoms with E-state index in [2.05, 4.69) is 4.98 Å². The van der Waals surface area contributed by atoms with Gasteiger partial charge in [0, 0.05) is 50.0 Å². The molecule has 0 aliphatic carbocycles. The van der Waals surface area contributed by atoms with Crippen LogP contribution in [0.25, 0.3) is 0 Å². The van der Waals surface area contributed by atoms with Crippen molar-refractivity contribution in [3.8, 4) is 0 Å². The number of benzene rings is 1. The van der Waals surface area contributed by atoms with Crippen LogP contribution in [-0.2, 0) is 20.8 Å². The lowest BCUT2D eigenvalue weighted by Crippen LogP contribution is -2.42. The normalized spacial score (nSPS) is 19.2. The van der Waals surface area contributed by atoms with Crippen molar-refractivity contribution < 1.29 is 14.4 Å². The first kappa shape index (κ1) is 21.4. The van der Waals surface area contributed by atoms with Gasteiger partial charge in [-0.2, -0.15) is 0 Å². The summed E-state index contributed by atoms with van der Waals surface area (Å²) in [5.74, 6) is -0.418. The van der Waals surface area contributed by atoms with E-state index in [1.807, 2.05) is 29.2 Å². The molecule has 3 heterocycles. The number of rotatable bonds is 6. The highest BCUT2D eigenvalue weighted by Crippen LogP contribution is 2.31. The van der Waals surface area contributed by atoms with Gasteiger partial charge in [-0.3, -0.25) is 29.3 Å². The number of nitrogens with zero attached hydrogens (tertiary/aromatic N) is 4. The van der Waals surface area contributed by atoms with E-state index in [1.54, 1.807) is 12.4 Å². The van der Waals surface area contributed by atoms with Crippen molar-refractivity contribution in [2.24, 2.45) is 0 Å². The average molecular weight is 441 g/mol. The monoisotopic (exact) mass is 440 g/mol. The quantitative estimate of drug-likeness (QED) is 0.643. The number of aromatic nitrogens is 2. The molecule has 162 valence electrons. The number of amides is 3. The summed E-state index contributed by atoms with van der Waals surface area (Å²) in [6, 6.07) is 7.51. The Hall–Kier alpha value is -2.80. The maximum absolute atomic E-state index is 12.9. The SMILES string of the molecule is O=C1CCCC(=O)N1CCC(=O)N1CCCC1c1cncc(Cc2cccc(Cl)c2)n1. The van der Waals surface area contributed by atoms with E-state index in [-0.39, 0.29) is 36.7 Å². The third-order valence-electron chi connectivity index (χ3n) is 5.82. The van der Waals surface area contributed by atoms with Gasteiger partial charge < -0.3 is 4.90 Å². The molecular weight excluding hydrogens is 416 g/mol. The zero-order valence-electron chi connectivity index (χ0n) is 17.3. The van der Waals surface area contributed by atoms with E-state index in [4.69, 9.17) is 16.6 Å².